The summed E-state index contributed by atoms with van der Waals surface area (Å²) in [5.41, 5.74) is 7.80. The third kappa shape index (κ3) is 6.17. The maximum absolute atomic E-state index is 12.2. The van der Waals surface area contributed by atoms with Crippen molar-refractivity contribution in [1.29, 1.82) is 0 Å². The van der Waals surface area contributed by atoms with Crippen LogP contribution in [0.2, 0.25) is 0 Å². The summed E-state index contributed by atoms with van der Waals surface area (Å²) in [5.74, 6) is 0.137. The van der Waals surface area contributed by atoms with Crippen LogP contribution in [0.1, 0.15) is 17.8 Å². The lowest BCUT2D eigenvalue weighted by molar-refractivity contribution is -0.124. The van der Waals surface area contributed by atoms with Crippen LogP contribution in [0.15, 0.2) is 29.8 Å². The van der Waals surface area contributed by atoms with Gasteiger partial charge in [-0.25, -0.2) is 4.98 Å². The van der Waals surface area contributed by atoms with Gasteiger partial charge in [-0.2, -0.15) is 0 Å². The van der Waals surface area contributed by atoms with Crippen LogP contribution in [0, 0.1) is 5.92 Å². The van der Waals surface area contributed by atoms with Gasteiger partial charge in [-0.05, 0) is 30.9 Å². The Hall–Kier alpha value is -1.25. The predicted molar refractivity (Wildman–Crippen MR) is 108 cm³/mol. The molecule has 1 aliphatic heterocycles. The molecule has 0 spiro atoms. The molecule has 1 saturated heterocycles. The molecule has 26 heavy (non-hydrogen) atoms. The molecular formula is C17H24Cl2N4O2S. The Morgan fingerprint density at radius 2 is 2.08 bits per heavy atom. The Labute approximate surface area is 169 Å². The van der Waals surface area contributed by atoms with E-state index in [0.717, 1.165) is 29.2 Å². The van der Waals surface area contributed by atoms with E-state index >= 15 is 0 Å². The lowest BCUT2D eigenvalue weighted by Gasteiger charge is -2.26. The number of nitrogens with two attached hydrogens (primary N) is 1. The second kappa shape index (κ2) is 11.5. The van der Waals surface area contributed by atoms with Crippen LogP contribution in [0.4, 0.5) is 0 Å². The number of nitrogens with one attached hydrogen (secondary N) is 1. The highest BCUT2D eigenvalue weighted by Gasteiger charge is 2.26. The highest BCUT2D eigenvalue weighted by atomic mass is 35.5. The molecule has 2 aromatic rings. The number of carbonyl (C=O) groups excluding carboxylic acids is 1. The van der Waals surface area contributed by atoms with Gasteiger partial charge in [0.15, 0.2) is 0 Å². The molecule has 6 nitrogen and oxygen atoms in total. The van der Waals surface area contributed by atoms with Crippen LogP contribution in [-0.2, 0) is 16.0 Å². The third-order valence-corrected chi connectivity index (χ3v) is 5.10. The zero-order chi connectivity index (χ0) is 16.8. The summed E-state index contributed by atoms with van der Waals surface area (Å²) in [6.07, 6.45) is 4.17. The first kappa shape index (κ1) is 22.8. The van der Waals surface area contributed by atoms with Crippen molar-refractivity contribution in [3.8, 4) is 11.4 Å². The van der Waals surface area contributed by atoms with E-state index in [-0.39, 0.29) is 36.6 Å². The Bertz CT molecular complexity index is 666. The van der Waals surface area contributed by atoms with Gasteiger partial charge in [-0.3, -0.25) is 9.78 Å². The van der Waals surface area contributed by atoms with Gasteiger partial charge < -0.3 is 15.8 Å². The number of hydrogen-bond acceptors (Lipinski definition) is 6. The predicted octanol–water partition coefficient (Wildman–Crippen LogP) is 2.46. The van der Waals surface area contributed by atoms with Crippen LogP contribution in [0.3, 0.4) is 0 Å². The summed E-state index contributed by atoms with van der Waals surface area (Å²) in [5, 5.41) is 5.90. The Kier molecular flexibility index (Phi) is 10.0. The molecular weight excluding hydrogens is 395 g/mol. The quantitative estimate of drug-likeness (QED) is 0.751. The molecule has 1 amide bonds. The minimum absolute atomic E-state index is 0. The smallest absolute Gasteiger partial charge is 0.237 e. The zero-order valence-electron chi connectivity index (χ0n) is 14.3. The SMILES string of the molecule is Cl.Cl.NC(C(=O)NCCc1nc(-c2ccccn2)cs1)C1CCOCC1. The average Bonchev–Trinajstić information content (AvgIpc) is 3.11. The normalized spacial score (nSPS) is 15.4. The molecule has 9 heteroatoms. The zero-order valence-corrected chi connectivity index (χ0v) is 16.7. The van der Waals surface area contributed by atoms with Crippen LogP contribution in [0.25, 0.3) is 11.4 Å². The minimum atomic E-state index is -0.450. The number of pyridine rings is 1. The first-order valence-corrected chi connectivity index (χ1v) is 9.09. The summed E-state index contributed by atoms with van der Waals surface area (Å²) in [6.45, 7) is 1.94. The van der Waals surface area contributed by atoms with E-state index in [9.17, 15) is 4.79 Å². The summed E-state index contributed by atoms with van der Waals surface area (Å²) >= 11 is 1.58. The lowest BCUT2D eigenvalue weighted by atomic mass is 9.92. The highest BCUT2D eigenvalue weighted by molar-refractivity contribution is 7.09. The molecule has 0 aliphatic carbocycles. The number of amides is 1. The van der Waals surface area contributed by atoms with Crippen LogP contribution < -0.4 is 11.1 Å². The van der Waals surface area contributed by atoms with Crippen molar-refractivity contribution in [2.24, 2.45) is 11.7 Å². The van der Waals surface area contributed by atoms with E-state index in [1.165, 1.54) is 0 Å². The van der Waals surface area contributed by atoms with Crippen molar-refractivity contribution in [2.45, 2.75) is 25.3 Å². The van der Waals surface area contributed by atoms with Gasteiger partial charge in [-0.15, -0.1) is 36.2 Å². The van der Waals surface area contributed by atoms with Crippen molar-refractivity contribution in [2.75, 3.05) is 19.8 Å². The summed E-state index contributed by atoms with van der Waals surface area (Å²) in [7, 11) is 0. The van der Waals surface area contributed by atoms with Gasteiger partial charge in [0.2, 0.25) is 5.91 Å². The van der Waals surface area contributed by atoms with Gasteiger partial charge in [0, 0.05) is 37.8 Å². The van der Waals surface area contributed by atoms with Gasteiger partial charge in [0.25, 0.3) is 0 Å². The molecule has 1 aliphatic rings. The number of nitrogens with zero attached hydrogens (tertiary/aromatic N) is 2. The number of thiazole rings is 1. The highest BCUT2D eigenvalue weighted by Crippen LogP contribution is 2.20. The van der Waals surface area contributed by atoms with Crippen molar-refractivity contribution in [3.63, 3.8) is 0 Å². The molecule has 3 N–H and O–H groups in total. The molecule has 0 aromatic carbocycles. The van der Waals surface area contributed by atoms with E-state index < -0.39 is 6.04 Å². The van der Waals surface area contributed by atoms with E-state index in [1.54, 1.807) is 17.5 Å². The molecule has 1 unspecified atom stereocenters. The standard InChI is InChI=1S/C17H22N4O2S.2ClH/c18-16(12-5-9-23-10-6-12)17(22)20-8-4-15-21-14(11-24-15)13-3-1-2-7-19-13;;/h1-3,7,11-12,16H,4-6,8-10,18H2,(H,20,22);2*1H. The number of halogens is 2. The second-order valence-electron chi connectivity index (χ2n) is 5.86. The van der Waals surface area contributed by atoms with Crippen LogP contribution >= 0.6 is 36.2 Å². The molecule has 0 saturated carbocycles. The minimum Gasteiger partial charge on any atom is -0.381 e. The molecule has 3 heterocycles. The fraction of sp³-hybridized carbons (Fsp3) is 0.471. The van der Waals surface area contributed by atoms with Crippen molar-refractivity contribution >= 4 is 42.1 Å². The van der Waals surface area contributed by atoms with Crippen molar-refractivity contribution in [3.05, 3.63) is 34.8 Å². The van der Waals surface area contributed by atoms with Crippen LogP contribution in [0.5, 0.6) is 0 Å². The number of aromatic nitrogens is 2. The number of hydrogen-bond donors (Lipinski definition) is 2. The molecule has 0 radical (unpaired) electrons. The van der Waals surface area contributed by atoms with Crippen LogP contribution in [-0.4, -0.2) is 41.7 Å². The van der Waals surface area contributed by atoms with E-state index in [1.807, 2.05) is 23.6 Å². The molecule has 144 valence electrons. The first-order chi connectivity index (χ1) is 11.7. The summed E-state index contributed by atoms with van der Waals surface area (Å²) < 4.78 is 5.31. The lowest BCUT2D eigenvalue weighted by Crippen LogP contribution is -2.47. The monoisotopic (exact) mass is 418 g/mol. The molecule has 1 atom stereocenters. The average molecular weight is 419 g/mol. The fourth-order valence-corrected chi connectivity index (χ4v) is 3.55. The van der Waals surface area contributed by atoms with E-state index in [0.29, 0.717) is 26.2 Å². The van der Waals surface area contributed by atoms with Crippen molar-refractivity contribution < 1.29 is 9.53 Å². The van der Waals surface area contributed by atoms with Gasteiger partial charge in [-0.1, -0.05) is 6.07 Å². The van der Waals surface area contributed by atoms with E-state index in [2.05, 4.69) is 15.3 Å². The molecule has 3 rings (SSSR count). The van der Waals surface area contributed by atoms with Gasteiger partial charge >= 0.3 is 0 Å². The number of rotatable bonds is 6. The number of ether oxygens (including phenoxy) is 1. The maximum Gasteiger partial charge on any atom is 0.237 e. The van der Waals surface area contributed by atoms with Crippen molar-refractivity contribution in [1.82, 2.24) is 15.3 Å². The molecule has 1 fully saturated rings. The molecule has 2 aromatic heterocycles. The Morgan fingerprint density at radius 3 is 2.77 bits per heavy atom. The van der Waals surface area contributed by atoms with Gasteiger partial charge in [0.05, 0.1) is 22.4 Å². The maximum atomic E-state index is 12.2. The summed E-state index contributed by atoms with van der Waals surface area (Å²) in [4.78, 5) is 21.0. The number of carbonyl (C=O) groups is 1. The molecule has 0 bridgehead atoms. The topological polar surface area (TPSA) is 90.1 Å². The summed E-state index contributed by atoms with van der Waals surface area (Å²) in [6, 6.07) is 5.31. The second-order valence-corrected chi connectivity index (χ2v) is 6.80. The Balaban J connectivity index is 0.00000169. The Morgan fingerprint density at radius 1 is 1.31 bits per heavy atom. The van der Waals surface area contributed by atoms with Gasteiger partial charge in [0.1, 0.15) is 0 Å². The fourth-order valence-electron chi connectivity index (χ4n) is 2.76. The van der Waals surface area contributed by atoms with E-state index in [4.69, 9.17) is 10.5 Å². The largest absolute Gasteiger partial charge is 0.381 e. The third-order valence-electron chi connectivity index (χ3n) is 4.19. The first-order valence-electron chi connectivity index (χ1n) is 8.21.